The van der Waals surface area contributed by atoms with Gasteiger partial charge in [0.25, 0.3) is 0 Å². The Morgan fingerprint density at radius 1 is 1.33 bits per heavy atom. The second-order valence-corrected chi connectivity index (χ2v) is 2.44. The minimum absolute atomic E-state index is 0.146. The van der Waals surface area contributed by atoms with Crippen molar-refractivity contribution in [3.63, 3.8) is 0 Å². The first kappa shape index (κ1) is 11.3. The molecule has 2 unspecified atom stereocenters. The highest BCUT2D eigenvalue weighted by Crippen LogP contribution is 2.12. The lowest BCUT2D eigenvalue weighted by Gasteiger charge is -2.07. The molecule has 12 heavy (non-hydrogen) atoms. The highest BCUT2D eigenvalue weighted by Gasteiger charge is 2.26. The summed E-state index contributed by atoms with van der Waals surface area (Å²) in [6.45, 7) is -0.587. The van der Waals surface area contributed by atoms with E-state index in [1.165, 1.54) is 0 Å². The Morgan fingerprint density at radius 3 is 2.33 bits per heavy atom. The molecule has 0 spiro atoms. The van der Waals surface area contributed by atoms with Gasteiger partial charge in [-0.25, -0.2) is 13.6 Å². The molecule has 0 fully saturated rings. The first-order valence-electron chi connectivity index (χ1n) is 3.66. The van der Waals surface area contributed by atoms with Crippen LogP contribution < -0.4 is 0 Å². The molecular weight excluding hydrogens is 173 g/mol. The quantitative estimate of drug-likeness (QED) is 0.640. The number of alkyl halides is 3. The smallest absolute Gasteiger partial charge is 0.341 e. The fraction of sp³-hybridized carbons (Fsp3) is 0.857. The molecule has 0 aromatic rings. The monoisotopic (exact) mass is 184 g/mol. The molecule has 0 aromatic carbocycles. The van der Waals surface area contributed by atoms with E-state index in [0.29, 0.717) is 0 Å². The molecule has 0 aliphatic carbocycles. The van der Waals surface area contributed by atoms with Crippen LogP contribution in [0.3, 0.4) is 0 Å². The number of unbranched alkanes of at least 4 members (excludes halogenated alkanes) is 1. The van der Waals surface area contributed by atoms with Crippen molar-refractivity contribution in [3.8, 4) is 0 Å². The molecule has 2 nitrogen and oxygen atoms in total. The number of hydrogen-bond acceptors (Lipinski definition) is 1. The third-order valence-electron chi connectivity index (χ3n) is 1.42. The Hall–Kier alpha value is -0.740. The Labute approximate surface area is 68.4 Å². The second kappa shape index (κ2) is 5.85. The lowest BCUT2D eigenvalue weighted by Crippen LogP contribution is -2.26. The molecule has 0 aliphatic heterocycles. The van der Waals surface area contributed by atoms with Gasteiger partial charge in [0.2, 0.25) is 6.17 Å². The van der Waals surface area contributed by atoms with Crippen LogP contribution in [0.15, 0.2) is 0 Å². The van der Waals surface area contributed by atoms with Crippen molar-refractivity contribution in [2.24, 2.45) is 0 Å². The fourth-order valence-corrected chi connectivity index (χ4v) is 0.735. The summed E-state index contributed by atoms with van der Waals surface area (Å²) in [6, 6.07) is 0. The SMILES string of the molecule is O=C(O)C(F)C(F)CCCCF. The van der Waals surface area contributed by atoms with Crippen molar-refractivity contribution in [2.75, 3.05) is 6.67 Å². The molecule has 0 saturated heterocycles. The third-order valence-corrected chi connectivity index (χ3v) is 1.42. The first-order chi connectivity index (χ1) is 5.59. The van der Waals surface area contributed by atoms with Gasteiger partial charge < -0.3 is 5.11 Å². The molecule has 0 radical (unpaired) electrons. The van der Waals surface area contributed by atoms with E-state index in [4.69, 9.17) is 5.11 Å². The Balaban J connectivity index is 3.56. The molecule has 72 valence electrons. The van der Waals surface area contributed by atoms with Gasteiger partial charge in [-0.3, -0.25) is 4.39 Å². The highest BCUT2D eigenvalue weighted by atomic mass is 19.2. The summed E-state index contributed by atoms with van der Waals surface area (Å²) >= 11 is 0. The van der Waals surface area contributed by atoms with Gasteiger partial charge in [0.05, 0.1) is 6.67 Å². The summed E-state index contributed by atoms with van der Waals surface area (Å²) in [5.41, 5.74) is 0. The number of rotatable bonds is 6. The van der Waals surface area contributed by atoms with E-state index in [-0.39, 0.29) is 19.3 Å². The molecule has 0 bridgehead atoms. The molecule has 5 heteroatoms. The zero-order chi connectivity index (χ0) is 9.56. The zero-order valence-electron chi connectivity index (χ0n) is 6.47. The van der Waals surface area contributed by atoms with E-state index in [1.807, 2.05) is 0 Å². The summed E-state index contributed by atoms with van der Waals surface area (Å²) in [5, 5.41) is 8.02. The standard InChI is InChI=1S/C7H11F3O2/c8-4-2-1-3-5(9)6(10)7(11)12/h5-6H,1-4H2,(H,11,12). The van der Waals surface area contributed by atoms with Crippen LogP contribution in [0.4, 0.5) is 13.2 Å². The van der Waals surface area contributed by atoms with E-state index in [2.05, 4.69) is 0 Å². The third kappa shape index (κ3) is 4.20. The Morgan fingerprint density at radius 2 is 1.92 bits per heavy atom. The van der Waals surface area contributed by atoms with Crippen LogP contribution in [0, 0.1) is 0 Å². The number of hydrogen-bond donors (Lipinski definition) is 1. The molecule has 0 aliphatic rings. The van der Waals surface area contributed by atoms with Crippen molar-refractivity contribution >= 4 is 5.97 Å². The van der Waals surface area contributed by atoms with Gasteiger partial charge in [0.15, 0.2) is 0 Å². The maximum absolute atomic E-state index is 12.5. The molecule has 0 heterocycles. The van der Waals surface area contributed by atoms with E-state index >= 15 is 0 Å². The van der Waals surface area contributed by atoms with Crippen molar-refractivity contribution < 1.29 is 23.1 Å². The van der Waals surface area contributed by atoms with Crippen LogP contribution in [0.25, 0.3) is 0 Å². The lowest BCUT2D eigenvalue weighted by molar-refractivity contribution is -0.145. The van der Waals surface area contributed by atoms with Crippen LogP contribution in [-0.2, 0) is 4.79 Å². The first-order valence-corrected chi connectivity index (χ1v) is 3.66. The molecule has 2 atom stereocenters. The largest absolute Gasteiger partial charge is 0.479 e. The molecule has 0 saturated carbocycles. The van der Waals surface area contributed by atoms with Crippen LogP contribution in [0.2, 0.25) is 0 Å². The van der Waals surface area contributed by atoms with Crippen LogP contribution >= 0.6 is 0 Å². The number of carboxylic acid groups (broad SMARTS) is 1. The van der Waals surface area contributed by atoms with Crippen molar-refractivity contribution in [3.05, 3.63) is 0 Å². The summed E-state index contributed by atoms with van der Waals surface area (Å²) in [7, 11) is 0. The van der Waals surface area contributed by atoms with Gasteiger partial charge in [0, 0.05) is 0 Å². The van der Waals surface area contributed by atoms with Gasteiger partial charge in [-0.15, -0.1) is 0 Å². The average Bonchev–Trinajstić information content (AvgIpc) is 2.03. The second-order valence-electron chi connectivity index (χ2n) is 2.44. The summed E-state index contributed by atoms with van der Waals surface area (Å²) < 4.78 is 36.2. The minimum Gasteiger partial charge on any atom is -0.479 e. The van der Waals surface area contributed by atoms with Crippen LogP contribution in [-0.4, -0.2) is 30.1 Å². The minimum atomic E-state index is -2.48. The van der Waals surface area contributed by atoms with Gasteiger partial charge >= 0.3 is 5.97 Å². The predicted octanol–water partition coefficient (Wildman–Crippen LogP) is 1.89. The van der Waals surface area contributed by atoms with Crippen molar-refractivity contribution in [1.82, 2.24) is 0 Å². The normalized spacial score (nSPS) is 15.6. The maximum atomic E-state index is 12.5. The summed E-state index contributed by atoms with van der Waals surface area (Å²) in [6.07, 6.45) is -4.42. The molecule has 0 aromatic heterocycles. The van der Waals surface area contributed by atoms with Gasteiger partial charge in [-0.2, -0.15) is 0 Å². The number of halogens is 3. The Bertz CT molecular complexity index is 141. The number of aliphatic carboxylic acids is 1. The van der Waals surface area contributed by atoms with Gasteiger partial charge in [-0.05, 0) is 19.3 Å². The molecular formula is C7H11F3O2. The van der Waals surface area contributed by atoms with E-state index in [9.17, 15) is 18.0 Å². The highest BCUT2D eigenvalue weighted by molar-refractivity contribution is 5.72. The predicted molar refractivity (Wildman–Crippen MR) is 37.3 cm³/mol. The van der Waals surface area contributed by atoms with E-state index < -0.39 is 25.0 Å². The van der Waals surface area contributed by atoms with E-state index in [1.54, 1.807) is 0 Å². The van der Waals surface area contributed by atoms with Crippen LogP contribution in [0.5, 0.6) is 0 Å². The van der Waals surface area contributed by atoms with E-state index in [0.717, 1.165) is 0 Å². The molecule has 1 N–H and O–H groups in total. The van der Waals surface area contributed by atoms with Gasteiger partial charge in [-0.1, -0.05) is 0 Å². The van der Waals surface area contributed by atoms with Crippen molar-refractivity contribution in [1.29, 1.82) is 0 Å². The maximum Gasteiger partial charge on any atom is 0.341 e. The number of carboxylic acids is 1. The topological polar surface area (TPSA) is 37.3 Å². The zero-order valence-corrected chi connectivity index (χ0v) is 6.47. The summed E-state index contributed by atoms with van der Waals surface area (Å²) in [5.74, 6) is -1.80. The average molecular weight is 184 g/mol. The van der Waals surface area contributed by atoms with Crippen molar-refractivity contribution in [2.45, 2.75) is 31.6 Å². The fourth-order valence-electron chi connectivity index (χ4n) is 0.735. The number of carbonyl (C=O) groups is 1. The van der Waals surface area contributed by atoms with Crippen LogP contribution in [0.1, 0.15) is 19.3 Å². The molecule has 0 rings (SSSR count). The molecule has 0 amide bonds. The summed E-state index contributed by atoms with van der Waals surface area (Å²) in [4.78, 5) is 9.88. The van der Waals surface area contributed by atoms with Gasteiger partial charge in [0.1, 0.15) is 6.17 Å². The lowest BCUT2D eigenvalue weighted by atomic mass is 10.1. The Kier molecular flexibility index (Phi) is 5.49.